The molecule has 0 aliphatic carbocycles. The molecule has 0 saturated heterocycles. The van der Waals surface area contributed by atoms with Gasteiger partial charge in [0.2, 0.25) is 0 Å². The SMILES string of the molecule is CCc1ccccc1NC(=O)COC(=O)c1cc(C)n(Cc2cccs2)c1C. The summed E-state index contributed by atoms with van der Waals surface area (Å²) in [6, 6.07) is 13.5. The van der Waals surface area contributed by atoms with Crippen LogP contribution in [0.5, 0.6) is 0 Å². The number of amides is 1. The first-order chi connectivity index (χ1) is 13.5. The van der Waals surface area contributed by atoms with Crippen LogP contribution in [-0.4, -0.2) is 23.1 Å². The van der Waals surface area contributed by atoms with E-state index in [9.17, 15) is 9.59 Å². The summed E-state index contributed by atoms with van der Waals surface area (Å²) in [6.07, 6.45) is 0.812. The summed E-state index contributed by atoms with van der Waals surface area (Å²) in [5.74, 6) is -0.828. The minimum atomic E-state index is -0.482. The number of nitrogens with zero attached hydrogens (tertiary/aromatic N) is 1. The van der Waals surface area contributed by atoms with Gasteiger partial charge in [-0.2, -0.15) is 0 Å². The molecule has 1 amide bonds. The maximum absolute atomic E-state index is 12.5. The topological polar surface area (TPSA) is 60.3 Å². The predicted octanol–water partition coefficient (Wildman–Crippen LogP) is 4.57. The van der Waals surface area contributed by atoms with Gasteiger partial charge in [-0.3, -0.25) is 4.79 Å². The molecule has 6 heteroatoms. The van der Waals surface area contributed by atoms with Crippen molar-refractivity contribution in [1.82, 2.24) is 4.57 Å². The summed E-state index contributed by atoms with van der Waals surface area (Å²) in [6.45, 7) is 6.29. The fourth-order valence-corrected chi connectivity index (χ4v) is 3.85. The largest absolute Gasteiger partial charge is 0.452 e. The van der Waals surface area contributed by atoms with E-state index in [4.69, 9.17) is 4.74 Å². The molecule has 5 nitrogen and oxygen atoms in total. The Morgan fingerprint density at radius 1 is 1.14 bits per heavy atom. The number of para-hydroxylation sites is 1. The van der Waals surface area contributed by atoms with E-state index in [1.165, 1.54) is 4.88 Å². The molecule has 3 rings (SSSR count). The molecule has 0 aliphatic heterocycles. The van der Waals surface area contributed by atoms with Crippen molar-refractivity contribution in [3.05, 3.63) is 75.2 Å². The third-order valence-electron chi connectivity index (χ3n) is 4.69. The third-order valence-corrected chi connectivity index (χ3v) is 5.56. The van der Waals surface area contributed by atoms with Crippen LogP contribution >= 0.6 is 11.3 Å². The molecule has 0 bridgehead atoms. The van der Waals surface area contributed by atoms with Gasteiger partial charge < -0.3 is 14.6 Å². The summed E-state index contributed by atoms with van der Waals surface area (Å²) in [4.78, 5) is 25.9. The monoisotopic (exact) mass is 396 g/mol. The van der Waals surface area contributed by atoms with Gasteiger partial charge in [0, 0.05) is 22.0 Å². The van der Waals surface area contributed by atoms with Crippen LogP contribution in [0.2, 0.25) is 0 Å². The Morgan fingerprint density at radius 2 is 1.93 bits per heavy atom. The van der Waals surface area contributed by atoms with Crippen LogP contribution in [0, 0.1) is 13.8 Å². The lowest BCUT2D eigenvalue weighted by Gasteiger charge is -2.10. The van der Waals surface area contributed by atoms with Crippen LogP contribution < -0.4 is 5.32 Å². The van der Waals surface area contributed by atoms with Gasteiger partial charge in [-0.15, -0.1) is 11.3 Å². The smallest absolute Gasteiger partial charge is 0.340 e. The van der Waals surface area contributed by atoms with Crippen molar-refractivity contribution in [1.29, 1.82) is 0 Å². The second kappa shape index (κ2) is 8.89. The van der Waals surface area contributed by atoms with Gasteiger partial charge in [0.15, 0.2) is 6.61 Å². The molecule has 146 valence electrons. The van der Waals surface area contributed by atoms with Crippen LogP contribution in [0.25, 0.3) is 0 Å². The Labute approximate surface area is 169 Å². The number of thiophene rings is 1. The zero-order valence-electron chi connectivity index (χ0n) is 16.3. The molecule has 0 atom stereocenters. The predicted molar refractivity (Wildman–Crippen MR) is 112 cm³/mol. The van der Waals surface area contributed by atoms with E-state index in [-0.39, 0.29) is 12.5 Å². The van der Waals surface area contributed by atoms with E-state index < -0.39 is 5.97 Å². The van der Waals surface area contributed by atoms with E-state index >= 15 is 0 Å². The number of hydrogen-bond acceptors (Lipinski definition) is 4. The molecule has 1 aromatic carbocycles. The Kier molecular flexibility index (Phi) is 6.31. The van der Waals surface area contributed by atoms with E-state index in [0.717, 1.165) is 35.6 Å². The van der Waals surface area contributed by atoms with Gasteiger partial charge in [0.25, 0.3) is 5.91 Å². The lowest BCUT2D eigenvalue weighted by atomic mass is 10.1. The molecule has 0 aliphatic rings. The summed E-state index contributed by atoms with van der Waals surface area (Å²) in [5, 5.41) is 4.84. The Morgan fingerprint density at radius 3 is 2.64 bits per heavy atom. The highest BCUT2D eigenvalue weighted by atomic mass is 32.1. The highest BCUT2D eigenvalue weighted by Crippen LogP contribution is 2.20. The number of aryl methyl sites for hydroxylation is 2. The summed E-state index contributed by atoms with van der Waals surface area (Å²) >= 11 is 1.68. The number of aromatic nitrogens is 1. The van der Waals surface area contributed by atoms with Gasteiger partial charge in [0.1, 0.15) is 0 Å². The Hall–Kier alpha value is -2.86. The molecule has 0 radical (unpaired) electrons. The van der Waals surface area contributed by atoms with Crippen LogP contribution in [0.15, 0.2) is 47.8 Å². The standard InChI is InChI=1S/C22H24N2O3S/c1-4-17-8-5-6-10-20(17)23-21(25)14-27-22(26)19-12-15(2)24(16(19)3)13-18-9-7-11-28-18/h5-12H,4,13-14H2,1-3H3,(H,23,25). The minimum absolute atomic E-state index is 0.314. The van der Waals surface area contributed by atoms with Crippen molar-refractivity contribution >= 4 is 28.9 Å². The second-order valence-corrected chi connectivity index (χ2v) is 7.62. The molecule has 0 unspecified atom stereocenters. The average Bonchev–Trinajstić information content (AvgIpc) is 3.30. The molecule has 2 aromatic heterocycles. The molecule has 0 saturated carbocycles. The number of anilines is 1. The summed E-state index contributed by atoms with van der Waals surface area (Å²) in [5.41, 5.74) is 4.11. The Balaban J connectivity index is 1.62. The summed E-state index contributed by atoms with van der Waals surface area (Å²) in [7, 11) is 0. The lowest BCUT2D eigenvalue weighted by molar-refractivity contribution is -0.119. The van der Waals surface area contributed by atoms with Gasteiger partial charge >= 0.3 is 5.97 Å². The van der Waals surface area contributed by atoms with Crippen LogP contribution in [-0.2, 0) is 22.5 Å². The molecule has 3 aromatic rings. The van der Waals surface area contributed by atoms with Crippen molar-refractivity contribution in [3.63, 3.8) is 0 Å². The van der Waals surface area contributed by atoms with Gasteiger partial charge in [-0.05, 0) is 49.4 Å². The number of benzene rings is 1. The van der Waals surface area contributed by atoms with Crippen molar-refractivity contribution in [2.45, 2.75) is 33.7 Å². The first-order valence-electron chi connectivity index (χ1n) is 9.23. The number of ether oxygens (including phenoxy) is 1. The third kappa shape index (κ3) is 4.51. The maximum atomic E-state index is 12.5. The highest BCUT2D eigenvalue weighted by molar-refractivity contribution is 7.09. The molecular formula is C22H24N2O3S. The van der Waals surface area contributed by atoms with Gasteiger partial charge in [-0.25, -0.2) is 4.79 Å². The van der Waals surface area contributed by atoms with Gasteiger partial charge in [0.05, 0.1) is 12.1 Å². The quantitative estimate of drug-likeness (QED) is 0.595. The van der Waals surface area contributed by atoms with E-state index in [1.807, 2.05) is 62.5 Å². The normalized spacial score (nSPS) is 10.7. The lowest BCUT2D eigenvalue weighted by Crippen LogP contribution is -2.21. The van der Waals surface area contributed by atoms with Crippen molar-refractivity contribution < 1.29 is 14.3 Å². The minimum Gasteiger partial charge on any atom is -0.452 e. The number of nitrogens with one attached hydrogen (secondary N) is 1. The highest BCUT2D eigenvalue weighted by Gasteiger charge is 2.18. The van der Waals surface area contributed by atoms with E-state index in [1.54, 1.807) is 11.3 Å². The summed E-state index contributed by atoms with van der Waals surface area (Å²) < 4.78 is 7.34. The number of esters is 1. The first kappa shape index (κ1) is 19.9. The number of carbonyl (C=O) groups excluding carboxylic acids is 2. The molecule has 2 heterocycles. The van der Waals surface area contributed by atoms with Crippen molar-refractivity contribution in [3.8, 4) is 0 Å². The molecule has 1 N–H and O–H groups in total. The number of rotatable bonds is 7. The molecule has 0 fully saturated rings. The zero-order valence-corrected chi connectivity index (χ0v) is 17.1. The fraction of sp³-hybridized carbons (Fsp3) is 0.273. The van der Waals surface area contributed by atoms with Crippen LogP contribution in [0.4, 0.5) is 5.69 Å². The fourth-order valence-electron chi connectivity index (χ4n) is 3.16. The van der Waals surface area contributed by atoms with Crippen LogP contribution in [0.1, 0.15) is 39.1 Å². The molecule has 28 heavy (non-hydrogen) atoms. The molecular weight excluding hydrogens is 372 g/mol. The molecule has 0 spiro atoms. The van der Waals surface area contributed by atoms with E-state index in [2.05, 4.69) is 16.0 Å². The first-order valence-corrected chi connectivity index (χ1v) is 10.1. The van der Waals surface area contributed by atoms with Crippen molar-refractivity contribution in [2.24, 2.45) is 0 Å². The zero-order chi connectivity index (χ0) is 20.1. The number of carbonyl (C=O) groups is 2. The van der Waals surface area contributed by atoms with Crippen LogP contribution in [0.3, 0.4) is 0 Å². The second-order valence-electron chi connectivity index (χ2n) is 6.59. The average molecular weight is 397 g/mol. The maximum Gasteiger partial charge on any atom is 0.340 e. The van der Waals surface area contributed by atoms with E-state index in [0.29, 0.717) is 5.56 Å². The number of hydrogen-bond donors (Lipinski definition) is 1. The van der Waals surface area contributed by atoms with Gasteiger partial charge in [-0.1, -0.05) is 31.2 Å². The Bertz CT molecular complexity index is 974. The van der Waals surface area contributed by atoms with Crippen molar-refractivity contribution in [2.75, 3.05) is 11.9 Å².